The molecule has 0 spiro atoms. The fourth-order valence-corrected chi connectivity index (χ4v) is 4.50. The molecule has 1 fully saturated rings. The zero-order valence-electron chi connectivity index (χ0n) is 20.7. The smallest absolute Gasteiger partial charge is 0.366 e. The molecule has 2 aromatic rings. The maximum absolute atomic E-state index is 14.5. The van der Waals surface area contributed by atoms with Gasteiger partial charge in [0.2, 0.25) is 5.91 Å². The Hall–Kier alpha value is -3.08. The highest BCUT2D eigenvalue weighted by Gasteiger charge is 2.67. The molecule has 196 valence electrons. The summed E-state index contributed by atoms with van der Waals surface area (Å²) < 4.78 is 56.3. The second kappa shape index (κ2) is 10.5. The minimum absolute atomic E-state index is 0.0468. The predicted octanol–water partition coefficient (Wildman–Crippen LogP) is 3.44. The van der Waals surface area contributed by atoms with Gasteiger partial charge in [-0.3, -0.25) is 9.59 Å². The Kier molecular flexibility index (Phi) is 8.02. The van der Waals surface area contributed by atoms with Gasteiger partial charge < -0.3 is 16.0 Å². The third kappa shape index (κ3) is 5.83. The van der Waals surface area contributed by atoms with Crippen LogP contribution in [0.5, 0.6) is 0 Å². The zero-order chi connectivity index (χ0) is 26.8. The summed E-state index contributed by atoms with van der Waals surface area (Å²) in [7, 11) is 3.57. The first kappa shape index (κ1) is 27.5. The Morgan fingerprint density at radius 2 is 1.78 bits per heavy atom. The van der Waals surface area contributed by atoms with Gasteiger partial charge in [0, 0.05) is 37.3 Å². The van der Waals surface area contributed by atoms with E-state index in [1.807, 2.05) is 4.90 Å². The molecular weight excluding hydrogens is 478 g/mol. The topological polar surface area (TPSA) is 101 Å². The van der Waals surface area contributed by atoms with Crippen LogP contribution in [0.3, 0.4) is 0 Å². The predicted molar refractivity (Wildman–Crippen MR) is 126 cm³/mol. The second-order valence-electron chi connectivity index (χ2n) is 9.68. The van der Waals surface area contributed by atoms with Crippen LogP contribution in [0.4, 0.5) is 17.6 Å². The molecule has 0 saturated heterocycles. The molecule has 0 aliphatic heterocycles. The van der Waals surface area contributed by atoms with Crippen LogP contribution in [-0.4, -0.2) is 59.5 Å². The van der Waals surface area contributed by atoms with E-state index in [1.54, 1.807) is 34.0 Å². The van der Waals surface area contributed by atoms with Crippen molar-refractivity contribution in [3.8, 4) is 0 Å². The Balaban J connectivity index is 1.73. The molecule has 1 heterocycles. The Morgan fingerprint density at radius 3 is 2.28 bits per heavy atom. The summed E-state index contributed by atoms with van der Waals surface area (Å²) in [5.41, 5.74) is 4.25. The second-order valence-corrected chi connectivity index (χ2v) is 9.68. The molecule has 0 bridgehead atoms. The van der Waals surface area contributed by atoms with E-state index in [-0.39, 0.29) is 48.5 Å². The van der Waals surface area contributed by atoms with Crippen molar-refractivity contribution in [2.75, 3.05) is 20.6 Å². The molecular formula is C25H31F4N5O2. The molecule has 3 N–H and O–H groups in total. The minimum atomic E-state index is -4.45. The van der Waals surface area contributed by atoms with Crippen molar-refractivity contribution in [1.82, 2.24) is 20.2 Å². The molecule has 2 atom stereocenters. The Bertz CT molecular complexity index is 1110. The molecule has 1 aromatic carbocycles. The normalized spacial score (nSPS) is 16.5. The largest absolute Gasteiger partial charge is 0.395 e. The van der Waals surface area contributed by atoms with Gasteiger partial charge in [-0.05, 0) is 70.0 Å². The van der Waals surface area contributed by atoms with E-state index < -0.39 is 35.1 Å². The van der Waals surface area contributed by atoms with Gasteiger partial charge in [-0.2, -0.15) is 13.2 Å². The van der Waals surface area contributed by atoms with Gasteiger partial charge >= 0.3 is 6.18 Å². The summed E-state index contributed by atoms with van der Waals surface area (Å²) in [5, 5.41) is 2.75. The van der Waals surface area contributed by atoms with Crippen molar-refractivity contribution in [1.29, 1.82) is 0 Å². The highest BCUT2D eigenvalue weighted by molar-refractivity contribution is 5.93. The van der Waals surface area contributed by atoms with Crippen LogP contribution in [0.15, 0.2) is 24.5 Å². The van der Waals surface area contributed by atoms with Gasteiger partial charge in [0.05, 0.1) is 11.0 Å². The quantitative estimate of drug-likeness (QED) is 0.478. The molecule has 36 heavy (non-hydrogen) atoms. The van der Waals surface area contributed by atoms with Crippen molar-refractivity contribution >= 4 is 11.8 Å². The number of alkyl halides is 3. The number of benzene rings is 1. The van der Waals surface area contributed by atoms with Gasteiger partial charge in [0.15, 0.2) is 0 Å². The number of carbonyl (C=O) groups excluding carboxylic acids is 2. The number of primary amides is 1. The van der Waals surface area contributed by atoms with E-state index >= 15 is 0 Å². The van der Waals surface area contributed by atoms with Crippen molar-refractivity contribution in [3.05, 3.63) is 58.4 Å². The lowest BCUT2D eigenvalue weighted by Gasteiger charge is -2.30. The number of carbonyl (C=O) groups is 2. The first-order chi connectivity index (χ1) is 16.8. The van der Waals surface area contributed by atoms with Crippen molar-refractivity contribution in [3.63, 3.8) is 0 Å². The number of likely N-dealkylation sites (N-methyl/N-ethyl adjacent to an activating group) is 1. The number of nitrogens with zero attached hydrogens (tertiary/aromatic N) is 3. The molecule has 7 nitrogen and oxygen atoms in total. The lowest BCUT2D eigenvalue weighted by Crippen LogP contribution is -2.43. The van der Waals surface area contributed by atoms with Gasteiger partial charge in [0.1, 0.15) is 11.6 Å². The average Bonchev–Trinajstić information content (AvgIpc) is 3.60. The van der Waals surface area contributed by atoms with Gasteiger partial charge in [-0.1, -0.05) is 6.07 Å². The van der Waals surface area contributed by atoms with Gasteiger partial charge in [0.25, 0.3) is 5.91 Å². The van der Waals surface area contributed by atoms with Crippen molar-refractivity contribution in [2.45, 2.75) is 57.7 Å². The summed E-state index contributed by atoms with van der Waals surface area (Å²) in [5.74, 6) is -2.72. The molecule has 1 saturated carbocycles. The number of nitrogens with two attached hydrogens (primary N) is 1. The monoisotopic (exact) mass is 509 g/mol. The molecule has 3 rings (SSSR count). The highest BCUT2D eigenvalue weighted by atomic mass is 19.4. The number of amides is 2. The van der Waals surface area contributed by atoms with Gasteiger partial charge in [-0.15, -0.1) is 0 Å². The van der Waals surface area contributed by atoms with E-state index in [2.05, 4.69) is 15.3 Å². The summed E-state index contributed by atoms with van der Waals surface area (Å²) in [6.45, 7) is 3.32. The third-order valence-electron chi connectivity index (χ3n) is 7.10. The number of aryl methyl sites for hydroxylation is 1. The molecule has 0 unspecified atom stereocenters. The standard InChI is InChI=1S/C25H31F4N5O2/c1-14-16(5-6-19(22(14)26)23(30)36)9-18(34(3)4)13-33-21(35)10-20(17-11-31-15(2)32-12-17)24(7-8-24)25(27,28)29/h5-6,11-12,18,20H,7-10,13H2,1-4H3,(H2,30,36)(H,33,35)/t18-,20+/m0/s1. The number of nitrogens with one attached hydrogen (secondary N) is 1. The molecule has 1 aromatic heterocycles. The highest BCUT2D eigenvalue weighted by Crippen LogP contribution is 2.66. The van der Waals surface area contributed by atoms with Crippen LogP contribution >= 0.6 is 0 Å². The van der Waals surface area contributed by atoms with Crippen LogP contribution in [-0.2, 0) is 11.2 Å². The minimum Gasteiger partial charge on any atom is -0.366 e. The summed E-state index contributed by atoms with van der Waals surface area (Å²) in [6.07, 6.45) is -1.83. The van der Waals surface area contributed by atoms with Crippen LogP contribution in [0.25, 0.3) is 0 Å². The van der Waals surface area contributed by atoms with E-state index in [1.165, 1.54) is 18.5 Å². The molecule has 11 heteroatoms. The fraction of sp³-hybridized carbons (Fsp3) is 0.520. The Morgan fingerprint density at radius 1 is 1.17 bits per heavy atom. The van der Waals surface area contributed by atoms with Crippen molar-refractivity contribution < 1.29 is 27.2 Å². The molecule has 2 amide bonds. The summed E-state index contributed by atoms with van der Waals surface area (Å²) >= 11 is 0. The van der Waals surface area contributed by atoms with E-state index in [4.69, 9.17) is 5.73 Å². The van der Waals surface area contributed by atoms with Crippen LogP contribution < -0.4 is 11.1 Å². The Labute approximate surface area is 207 Å². The van der Waals surface area contributed by atoms with Crippen LogP contribution in [0.1, 0.15) is 58.1 Å². The maximum atomic E-state index is 14.5. The first-order valence-corrected chi connectivity index (χ1v) is 11.6. The van der Waals surface area contributed by atoms with Crippen molar-refractivity contribution in [2.24, 2.45) is 11.1 Å². The number of hydrogen-bond acceptors (Lipinski definition) is 5. The zero-order valence-corrected chi connectivity index (χ0v) is 20.7. The summed E-state index contributed by atoms with van der Waals surface area (Å²) in [4.78, 5) is 34.1. The molecule has 1 aliphatic carbocycles. The van der Waals surface area contributed by atoms with E-state index in [9.17, 15) is 27.2 Å². The summed E-state index contributed by atoms with van der Waals surface area (Å²) in [6, 6.07) is 2.67. The first-order valence-electron chi connectivity index (χ1n) is 11.6. The molecule has 0 radical (unpaired) electrons. The number of hydrogen-bond donors (Lipinski definition) is 2. The number of rotatable bonds is 10. The average molecular weight is 510 g/mol. The van der Waals surface area contributed by atoms with E-state index in [0.717, 1.165) is 0 Å². The van der Waals surface area contributed by atoms with Crippen LogP contribution in [0.2, 0.25) is 0 Å². The SMILES string of the molecule is Cc1ncc([C@@H](CC(=O)NC[C@H](Cc2ccc(C(N)=O)c(F)c2C)N(C)C)C2(C(F)(F)F)CC2)cn1. The maximum Gasteiger partial charge on any atom is 0.395 e. The van der Waals surface area contributed by atoms with Crippen LogP contribution in [0, 0.1) is 25.1 Å². The molecule has 1 aliphatic rings. The lowest BCUT2D eigenvalue weighted by molar-refractivity contribution is -0.194. The van der Waals surface area contributed by atoms with E-state index in [0.29, 0.717) is 17.8 Å². The number of halogens is 4. The van der Waals surface area contributed by atoms with Gasteiger partial charge in [-0.25, -0.2) is 14.4 Å². The third-order valence-corrected chi connectivity index (χ3v) is 7.10. The fourth-order valence-electron chi connectivity index (χ4n) is 4.50. The lowest BCUT2D eigenvalue weighted by atomic mass is 9.81. The number of aromatic nitrogens is 2.